The number of benzene rings is 1. The molecule has 0 spiro atoms. The third-order valence-corrected chi connectivity index (χ3v) is 6.85. The lowest BCUT2D eigenvalue weighted by molar-refractivity contribution is -0.138. The zero-order valence-electron chi connectivity index (χ0n) is 17.3. The van der Waals surface area contributed by atoms with E-state index in [1.54, 1.807) is 4.90 Å². The first-order valence-electron chi connectivity index (χ1n) is 11.2. The van der Waals surface area contributed by atoms with Crippen LogP contribution in [0.15, 0.2) is 30.3 Å². The molecule has 0 N–H and O–H groups in total. The van der Waals surface area contributed by atoms with Crippen LogP contribution in [0.5, 0.6) is 0 Å². The van der Waals surface area contributed by atoms with Gasteiger partial charge in [0.2, 0.25) is 5.91 Å². The zero-order chi connectivity index (χ0) is 20.1. The Balaban J connectivity index is 1.22. The molecule has 0 saturated carbocycles. The number of likely N-dealkylation sites (tertiary alicyclic amines) is 2. The van der Waals surface area contributed by atoms with Crippen LogP contribution in [0, 0.1) is 0 Å². The lowest BCUT2D eigenvalue weighted by Crippen LogP contribution is -2.58. The minimum Gasteiger partial charge on any atom is -0.338 e. The van der Waals surface area contributed by atoms with Gasteiger partial charge in [-0.1, -0.05) is 30.3 Å². The Morgan fingerprint density at radius 3 is 2.31 bits per heavy atom. The third-order valence-electron chi connectivity index (χ3n) is 6.85. The van der Waals surface area contributed by atoms with Gasteiger partial charge in [0.15, 0.2) is 0 Å². The maximum absolute atomic E-state index is 12.9. The molecule has 1 aromatic rings. The minimum atomic E-state index is -0.283. The molecule has 0 bridgehead atoms. The van der Waals surface area contributed by atoms with Crippen molar-refractivity contribution in [2.45, 2.75) is 50.7 Å². The van der Waals surface area contributed by atoms with Crippen molar-refractivity contribution in [1.82, 2.24) is 19.6 Å². The fourth-order valence-corrected chi connectivity index (χ4v) is 5.10. The van der Waals surface area contributed by atoms with E-state index in [2.05, 4.69) is 40.1 Å². The minimum absolute atomic E-state index is 0.130. The topological polar surface area (TPSA) is 47.1 Å². The molecule has 0 aliphatic carbocycles. The third kappa shape index (κ3) is 4.98. The van der Waals surface area contributed by atoms with Crippen molar-refractivity contribution in [3.05, 3.63) is 35.9 Å². The van der Waals surface area contributed by atoms with Crippen LogP contribution in [-0.4, -0.2) is 89.8 Å². The Bertz CT molecular complexity index is 667. The number of hydrogen-bond donors (Lipinski definition) is 0. The Hall–Kier alpha value is -1.92. The van der Waals surface area contributed by atoms with Crippen molar-refractivity contribution >= 4 is 12.3 Å². The van der Waals surface area contributed by atoms with Crippen molar-refractivity contribution in [2.24, 2.45) is 0 Å². The predicted molar refractivity (Wildman–Crippen MR) is 113 cm³/mol. The van der Waals surface area contributed by atoms with Gasteiger partial charge in [-0.2, -0.15) is 0 Å². The Morgan fingerprint density at radius 2 is 1.62 bits per heavy atom. The maximum atomic E-state index is 12.9. The highest BCUT2D eigenvalue weighted by molar-refractivity contribution is 5.84. The van der Waals surface area contributed by atoms with Gasteiger partial charge in [0.25, 0.3) is 0 Å². The van der Waals surface area contributed by atoms with Crippen molar-refractivity contribution < 1.29 is 9.59 Å². The smallest absolute Gasteiger partial charge is 0.312 e. The van der Waals surface area contributed by atoms with Gasteiger partial charge in [-0.25, -0.2) is 0 Å². The molecule has 1 radical (unpaired) electrons. The van der Waals surface area contributed by atoms with E-state index < -0.39 is 0 Å². The first kappa shape index (κ1) is 20.4. The van der Waals surface area contributed by atoms with E-state index in [1.807, 2.05) is 11.3 Å². The average molecular weight is 398 g/mol. The van der Waals surface area contributed by atoms with Gasteiger partial charge in [0, 0.05) is 45.3 Å². The number of amides is 2. The van der Waals surface area contributed by atoms with Crippen LogP contribution >= 0.6 is 0 Å². The van der Waals surface area contributed by atoms with Gasteiger partial charge in [0.05, 0.1) is 0 Å². The summed E-state index contributed by atoms with van der Waals surface area (Å²) in [5, 5.41) is 0. The van der Waals surface area contributed by atoms with Crippen molar-refractivity contribution in [3.63, 3.8) is 0 Å². The summed E-state index contributed by atoms with van der Waals surface area (Å²) in [5.41, 5.74) is 1.39. The Morgan fingerprint density at radius 1 is 0.897 bits per heavy atom. The largest absolute Gasteiger partial charge is 0.338 e. The molecule has 6 nitrogen and oxygen atoms in total. The molecule has 3 heterocycles. The van der Waals surface area contributed by atoms with Crippen molar-refractivity contribution in [3.8, 4) is 0 Å². The van der Waals surface area contributed by atoms with Crippen LogP contribution in [0.3, 0.4) is 0 Å². The van der Waals surface area contributed by atoms with E-state index in [9.17, 15) is 9.59 Å². The highest BCUT2D eigenvalue weighted by Gasteiger charge is 2.34. The number of carbonyl (C=O) groups excluding carboxylic acids is 2. The molecule has 4 rings (SSSR count). The lowest BCUT2D eigenvalue weighted by atomic mass is 10.00. The van der Waals surface area contributed by atoms with E-state index in [0.29, 0.717) is 12.6 Å². The molecule has 3 saturated heterocycles. The van der Waals surface area contributed by atoms with Crippen LogP contribution < -0.4 is 0 Å². The molecule has 1 atom stereocenters. The summed E-state index contributed by atoms with van der Waals surface area (Å²) >= 11 is 0. The van der Waals surface area contributed by atoms with Gasteiger partial charge in [0.1, 0.15) is 6.04 Å². The number of carbonyl (C=O) groups is 1. The molecule has 3 aliphatic heterocycles. The fourth-order valence-electron chi connectivity index (χ4n) is 5.10. The maximum Gasteiger partial charge on any atom is 0.312 e. The van der Waals surface area contributed by atoms with Gasteiger partial charge in [-0.15, -0.1) is 0 Å². The van der Waals surface area contributed by atoms with Crippen LogP contribution in [0.4, 0.5) is 0 Å². The number of piperidine rings is 2. The second kappa shape index (κ2) is 9.72. The van der Waals surface area contributed by atoms with E-state index in [-0.39, 0.29) is 11.9 Å². The zero-order valence-corrected chi connectivity index (χ0v) is 17.3. The highest BCUT2D eigenvalue weighted by atomic mass is 16.2. The number of hydrogen-bond acceptors (Lipinski definition) is 4. The molecule has 29 heavy (non-hydrogen) atoms. The van der Waals surface area contributed by atoms with Crippen LogP contribution in [0.2, 0.25) is 0 Å². The predicted octanol–water partition coefficient (Wildman–Crippen LogP) is 1.72. The SMILES string of the molecule is O=[C]N1CCCCC1C(=O)N1CCN(C2CCN(Cc3ccccc3)CC2)CC1. The first-order valence-corrected chi connectivity index (χ1v) is 11.2. The van der Waals surface area contributed by atoms with Gasteiger partial charge in [-0.3, -0.25) is 19.4 Å². The normalized spacial score (nSPS) is 25.2. The monoisotopic (exact) mass is 397 g/mol. The summed E-state index contributed by atoms with van der Waals surface area (Å²) in [5.74, 6) is 0.130. The fraction of sp³-hybridized carbons (Fsp3) is 0.652. The summed E-state index contributed by atoms with van der Waals surface area (Å²) in [4.78, 5) is 32.8. The summed E-state index contributed by atoms with van der Waals surface area (Å²) in [7, 11) is 0. The molecular formula is C23H33N4O2. The quantitative estimate of drug-likeness (QED) is 0.759. The van der Waals surface area contributed by atoms with Crippen LogP contribution in [-0.2, 0) is 16.1 Å². The number of nitrogens with zero attached hydrogens (tertiary/aromatic N) is 4. The molecular weight excluding hydrogens is 364 g/mol. The van der Waals surface area contributed by atoms with Crippen molar-refractivity contribution in [2.75, 3.05) is 45.8 Å². The molecule has 1 unspecified atom stereocenters. The standard InChI is InChI=1S/C23H33N4O2/c28-19-27-11-5-4-8-22(27)23(29)26-16-14-25(15-17-26)21-9-12-24(13-10-21)18-20-6-2-1-3-7-20/h1-3,6-7,21-22H,4-5,8-18H2. The lowest BCUT2D eigenvalue weighted by Gasteiger charge is -2.44. The molecule has 6 heteroatoms. The number of piperazine rings is 1. The summed E-state index contributed by atoms with van der Waals surface area (Å²) < 4.78 is 0. The molecule has 2 amide bonds. The molecule has 1 aromatic carbocycles. The second-order valence-corrected chi connectivity index (χ2v) is 8.65. The van der Waals surface area contributed by atoms with E-state index in [0.717, 1.165) is 65.1 Å². The second-order valence-electron chi connectivity index (χ2n) is 8.65. The molecule has 157 valence electrons. The van der Waals surface area contributed by atoms with Gasteiger partial charge < -0.3 is 9.80 Å². The Kier molecular flexibility index (Phi) is 6.82. The summed E-state index contributed by atoms with van der Waals surface area (Å²) in [6, 6.07) is 11.1. The molecule has 3 fully saturated rings. The Labute approximate surface area is 174 Å². The van der Waals surface area contributed by atoms with Gasteiger partial charge >= 0.3 is 6.41 Å². The van der Waals surface area contributed by atoms with Crippen LogP contribution in [0.25, 0.3) is 0 Å². The van der Waals surface area contributed by atoms with E-state index in [4.69, 9.17) is 0 Å². The highest BCUT2D eigenvalue weighted by Crippen LogP contribution is 2.22. The molecule has 0 aromatic heterocycles. The first-order chi connectivity index (χ1) is 14.2. The van der Waals surface area contributed by atoms with Crippen LogP contribution in [0.1, 0.15) is 37.7 Å². The van der Waals surface area contributed by atoms with E-state index >= 15 is 0 Å². The van der Waals surface area contributed by atoms with E-state index in [1.165, 1.54) is 18.4 Å². The molecule has 3 aliphatic rings. The summed E-state index contributed by atoms with van der Waals surface area (Å²) in [6.07, 6.45) is 7.18. The summed E-state index contributed by atoms with van der Waals surface area (Å²) in [6.45, 7) is 7.47. The number of rotatable bonds is 5. The van der Waals surface area contributed by atoms with Gasteiger partial charge in [-0.05, 0) is 50.8 Å². The average Bonchev–Trinajstić information content (AvgIpc) is 2.80. The van der Waals surface area contributed by atoms with Crippen molar-refractivity contribution in [1.29, 1.82) is 0 Å².